The molecule has 1 aliphatic rings. The van der Waals surface area contributed by atoms with Crippen LogP contribution in [0.25, 0.3) is 5.70 Å². The van der Waals surface area contributed by atoms with Crippen LogP contribution in [-0.2, 0) is 0 Å². The first-order chi connectivity index (χ1) is 11.6. The average Bonchev–Trinajstić information content (AvgIpc) is 3.04. The summed E-state index contributed by atoms with van der Waals surface area (Å²) in [6.07, 6.45) is 1.87. The largest absolute Gasteiger partial charge is 0.323 e. The Labute approximate surface area is 155 Å². The van der Waals surface area contributed by atoms with Gasteiger partial charge in [0.1, 0.15) is 11.9 Å². The normalized spacial score (nSPS) is 16.3. The van der Waals surface area contributed by atoms with Crippen LogP contribution in [-0.4, -0.2) is 20.2 Å². The van der Waals surface area contributed by atoms with Crippen molar-refractivity contribution in [3.8, 4) is 0 Å². The fraction of sp³-hybridized carbons (Fsp3) is 0.0625. The molecule has 2 aromatic carbocycles. The molecular weight excluding hydrogens is 444 g/mol. The van der Waals surface area contributed by atoms with E-state index in [2.05, 4.69) is 43.4 Å². The molecular formula is C16H10ClFIN5. The Hall–Kier alpha value is -2.00. The molecule has 1 aromatic heterocycles. The lowest BCUT2D eigenvalue weighted by Crippen LogP contribution is -2.21. The van der Waals surface area contributed by atoms with Crippen LogP contribution in [0.3, 0.4) is 0 Å². The zero-order valence-electron chi connectivity index (χ0n) is 12.1. The highest BCUT2D eigenvalue weighted by Crippen LogP contribution is 2.36. The highest BCUT2D eigenvalue weighted by atomic mass is 127. The van der Waals surface area contributed by atoms with Gasteiger partial charge in [0.05, 0.1) is 0 Å². The standard InChI is InChI=1S/C16H10ClFIN5/c17-11-2-1-3-12(18)15(11)14-8-13(9-4-6-10(19)7-5-9)20-16-21-22-23-24(14)16/h1-8,14H,(H,20,21,23). The van der Waals surface area contributed by atoms with Crippen LogP contribution >= 0.6 is 34.2 Å². The van der Waals surface area contributed by atoms with Crippen molar-refractivity contribution < 1.29 is 4.39 Å². The van der Waals surface area contributed by atoms with Crippen molar-refractivity contribution in [3.05, 3.63) is 74.1 Å². The Morgan fingerprint density at radius 3 is 2.71 bits per heavy atom. The van der Waals surface area contributed by atoms with E-state index in [1.807, 2.05) is 30.3 Å². The first-order valence-corrected chi connectivity index (χ1v) is 8.56. The summed E-state index contributed by atoms with van der Waals surface area (Å²) in [5, 5.41) is 15.1. The number of hydrogen-bond donors (Lipinski definition) is 1. The third-order valence-electron chi connectivity index (χ3n) is 3.78. The minimum absolute atomic E-state index is 0.335. The van der Waals surface area contributed by atoms with Gasteiger partial charge in [0.25, 0.3) is 0 Å². The third-order valence-corrected chi connectivity index (χ3v) is 4.83. The molecule has 0 radical (unpaired) electrons. The number of hydrogen-bond acceptors (Lipinski definition) is 4. The second kappa shape index (κ2) is 6.14. The monoisotopic (exact) mass is 453 g/mol. The Bertz CT molecular complexity index is 918. The van der Waals surface area contributed by atoms with Crippen molar-refractivity contribution in [2.24, 2.45) is 0 Å². The molecule has 1 atom stereocenters. The molecule has 0 saturated carbocycles. The molecule has 1 unspecified atom stereocenters. The number of rotatable bonds is 2. The van der Waals surface area contributed by atoms with E-state index in [4.69, 9.17) is 11.6 Å². The number of nitrogens with zero attached hydrogens (tertiary/aromatic N) is 4. The van der Waals surface area contributed by atoms with E-state index < -0.39 is 11.9 Å². The predicted octanol–water partition coefficient (Wildman–Crippen LogP) is 4.13. The van der Waals surface area contributed by atoms with E-state index in [1.165, 1.54) is 10.7 Å². The summed E-state index contributed by atoms with van der Waals surface area (Å²) in [5.74, 6) is 0.0458. The average molecular weight is 454 g/mol. The summed E-state index contributed by atoms with van der Waals surface area (Å²) in [5.41, 5.74) is 2.11. The van der Waals surface area contributed by atoms with Crippen LogP contribution in [0.1, 0.15) is 17.2 Å². The van der Waals surface area contributed by atoms with E-state index in [9.17, 15) is 4.39 Å². The lowest BCUT2D eigenvalue weighted by atomic mass is 10.0. The molecule has 0 fully saturated rings. The first kappa shape index (κ1) is 15.5. The molecule has 3 aromatic rings. The Kier molecular flexibility index (Phi) is 3.97. The van der Waals surface area contributed by atoms with Crippen molar-refractivity contribution >= 4 is 45.8 Å². The maximum absolute atomic E-state index is 14.4. The molecule has 120 valence electrons. The van der Waals surface area contributed by atoms with Gasteiger partial charge in [-0.05, 0) is 68.9 Å². The second-order valence-electron chi connectivity index (χ2n) is 5.24. The minimum Gasteiger partial charge on any atom is -0.323 e. The van der Waals surface area contributed by atoms with E-state index >= 15 is 0 Å². The molecule has 0 spiro atoms. The number of fused-ring (bicyclic) bond motifs is 1. The molecule has 0 bridgehead atoms. The van der Waals surface area contributed by atoms with Crippen LogP contribution in [0, 0.1) is 9.39 Å². The van der Waals surface area contributed by atoms with Gasteiger partial charge in [0.15, 0.2) is 0 Å². The van der Waals surface area contributed by atoms with E-state index in [-0.39, 0.29) is 0 Å². The number of benzene rings is 2. The summed E-state index contributed by atoms with van der Waals surface area (Å²) in [4.78, 5) is 0. The number of halogens is 3. The van der Waals surface area contributed by atoms with Crippen LogP contribution in [0.4, 0.5) is 10.3 Å². The Morgan fingerprint density at radius 1 is 1.17 bits per heavy atom. The smallest absolute Gasteiger partial charge is 0.248 e. The zero-order chi connectivity index (χ0) is 16.7. The van der Waals surface area contributed by atoms with Crippen molar-refractivity contribution in [2.45, 2.75) is 6.04 Å². The quantitative estimate of drug-likeness (QED) is 0.593. The molecule has 1 N–H and O–H groups in total. The van der Waals surface area contributed by atoms with Gasteiger partial charge in [-0.25, -0.2) is 4.39 Å². The van der Waals surface area contributed by atoms with Gasteiger partial charge in [0, 0.05) is 19.9 Å². The van der Waals surface area contributed by atoms with E-state index in [0.717, 1.165) is 14.8 Å². The third kappa shape index (κ3) is 2.67. The first-order valence-electron chi connectivity index (χ1n) is 7.10. The highest BCUT2D eigenvalue weighted by Gasteiger charge is 2.28. The van der Waals surface area contributed by atoms with E-state index in [1.54, 1.807) is 12.1 Å². The number of tetrazole rings is 1. The summed E-state index contributed by atoms with van der Waals surface area (Å²) in [6.45, 7) is 0. The van der Waals surface area contributed by atoms with Gasteiger partial charge in [-0.15, -0.1) is 0 Å². The lowest BCUT2D eigenvalue weighted by molar-refractivity contribution is 0.540. The van der Waals surface area contributed by atoms with Crippen LogP contribution < -0.4 is 5.32 Å². The number of anilines is 1. The lowest BCUT2D eigenvalue weighted by Gasteiger charge is -2.24. The van der Waals surface area contributed by atoms with Gasteiger partial charge in [0.2, 0.25) is 5.95 Å². The van der Waals surface area contributed by atoms with Crippen LogP contribution in [0.5, 0.6) is 0 Å². The van der Waals surface area contributed by atoms with Crippen molar-refractivity contribution in [2.75, 3.05) is 5.32 Å². The van der Waals surface area contributed by atoms with Gasteiger partial charge in [-0.3, -0.25) is 0 Å². The SMILES string of the molecule is Fc1cccc(Cl)c1C1C=C(c2ccc(I)cc2)Nc2nnnn21. The number of allylic oxidation sites excluding steroid dienone is 1. The fourth-order valence-electron chi connectivity index (χ4n) is 2.65. The van der Waals surface area contributed by atoms with Gasteiger partial charge in [-0.2, -0.15) is 4.68 Å². The van der Waals surface area contributed by atoms with Crippen LogP contribution in [0.2, 0.25) is 5.02 Å². The number of nitrogens with one attached hydrogen (secondary N) is 1. The minimum atomic E-state index is -0.528. The summed E-state index contributed by atoms with van der Waals surface area (Å²) >= 11 is 8.48. The Morgan fingerprint density at radius 2 is 1.96 bits per heavy atom. The molecule has 24 heavy (non-hydrogen) atoms. The molecule has 8 heteroatoms. The summed E-state index contributed by atoms with van der Waals surface area (Å²) in [6, 6.07) is 12.1. The van der Waals surface area contributed by atoms with Gasteiger partial charge < -0.3 is 5.32 Å². The number of aromatic nitrogens is 4. The van der Waals surface area contributed by atoms with Crippen molar-refractivity contribution in [1.29, 1.82) is 0 Å². The van der Waals surface area contributed by atoms with Gasteiger partial charge in [-0.1, -0.05) is 34.9 Å². The fourth-order valence-corrected chi connectivity index (χ4v) is 3.28. The molecule has 0 amide bonds. The summed E-state index contributed by atoms with van der Waals surface area (Å²) in [7, 11) is 0. The molecule has 2 heterocycles. The molecule has 0 saturated heterocycles. The van der Waals surface area contributed by atoms with Crippen molar-refractivity contribution in [1.82, 2.24) is 20.2 Å². The van der Waals surface area contributed by atoms with Crippen molar-refractivity contribution in [3.63, 3.8) is 0 Å². The van der Waals surface area contributed by atoms with E-state index in [0.29, 0.717) is 16.5 Å². The Balaban J connectivity index is 1.87. The predicted molar refractivity (Wildman–Crippen MR) is 98.1 cm³/mol. The highest BCUT2D eigenvalue weighted by molar-refractivity contribution is 14.1. The molecule has 1 aliphatic heterocycles. The maximum atomic E-state index is 14.4. The zero-order valence-corrected chi connectivity index (χ0v) is 15.0. The molecule has 0 aliphatic carbocycles. The molecule has 5 nitrogen and oxygen atoms in total. The molecule has 4 rings (SSSR count). The van der Waals surface area contributed by atoms with Gasteiger partial charge >= 0.3 is 0 Å². The second-order valence-corrected chi connectivity index (χ2v) is 6.89. The maximum Gasteiger partial charge on any atom is 0.248 e. The summed E-state index contributed by atoms with van der Waals surface area (Å²) < 4.78 is 17.0. The topological polar surface area (TPSA) is 55.6 Å². The van der Waals surface area contributed by atoms with Crippen LogP contribution in [0.15, 0.2) is 48.5 Å².